The minimum atomic E-state index is -0.929. The molecule has 26 heavy (non-hydrogen) atoms. The maximum absolute atomic E-state index is 12.4. The minimum absolute atomic E-state index is 0.0265. The number of methoxy groups -OCH3 is 1. The summed E-state index contributed by atoms with van der Waals surface area (Å²) >= 11 is 0. The fraction of sp³-hybridized carbons (Fsp3) is 0.526. The van der Waals surface area contributed by atoms with Gasteiger partial charge in [-0.25, -0.2) is 0 Å². The van der Waals surface area contributed by atoms with E-state index in [-0.39, 0.29) is 24.2 Å². The molecule has 3 N–H and O–H groups in total. The summed E-state index contributed by atoms with van der Waals surface area (Å²) in [5.74, 6) is -0.588. The van der Waals surface area contributed by atoms with Gasteiger partial charge in [-0.15, -0.1) is 0 Å². The van der Waals surface area contributed by atoms with Crippen molar-refractivity contribution in [3.05, 3.63) is 35.9 Å². The Balaban J connectivity index is 1.85. The highest BCUT2D eigenvalue weighted by Crippen LogP contribution is 2.18. The molecule has 7 heteroatoms. The fourth-order valence-electron chi connectivity index (χ4n) is 3.17. The van der Waals surface area contributed by atoms with Gasteiger partial charge in [0.1, 0.15) is 6.04 Å². The zero-order valence-electron chi connectivity index (χ0n) is 15.1. The molecule has 3 atom stereocenters. The Bertz CT molecular complexity index is 644. The lowest BCUT2D eigenvalue weighted by molar-refractivity contribution is -0.135. The van der Waals surface area contributed by atoms with Crippen LogP contribution in [0.25, 0.3) is 0 Å². The number of hydrogen-bond donors (Lipinski definition) is 2. The number of nitrogens with zero attached hydrogens (tertiary/aromatic N) is 2. The Morgan fingerprint density at radius 2 is 2.15 bits per heavy atom. The molecular formula is C19H26N4O3. The molecule has 1 aromatic rings. The van der Waals surface area contributed by atoms with Crippen LogP contribution >= 0.6 is 0 Å². The van der Waals surface area contributed by atoms with Crippen molar-refractivity contribution in [2.45, 2.75) is 37.3 Å². The number of nitrogens with one attached hydrogen (secondary N) is 1. The summed E-state index contributed by atoms with van der Waals surface area (Å²) in [7, 11) is 1.62. The van der Waals surface area contributed by atoms with E-state index >= 15 is 0 Å². The molecule has 2 rings (SSSR count). The number of carbonyl (C=O) groups is 2. The molecule has 1 saturated heterocycles. The highest BCUT2D eigenvalue weighted by molar-refractivity contribution is 5.88. The van der Waals surface area contributed by atoms with Gasteiger partial charge in [0, 0.05) is 26.1 Å². The van der Waals surface area contributed by atoms with Gasteiger partial charge < -0.3 is 20.7 Å². The van der Waals surface area contributed by atoms with E-state index in [4.69, 9.17) is 15.7 Å². The molecule has 1 aliphatic heterocycles. The van der Waals surface area contributed by atoms with Gasteiger partial charge in [-0.05, 0) is 18.4 Å². The molecule has 7 nitrogen and oxygen atoms in total. The molecule has 2 unspecified atom stereocenters. The second kappa shape index (κ2) is 9.90. The third kappa shape index (κ3) is 5.28. The van der Waals surface area contributed by atoms with Crippen LogP contribution in [0.1, 0.15) is 30.7 Å². The molecule has 0 bridgehead atoms. The van der Waals surface area contributed by atoms with Gasteiger partial charge in [0.2, 0.25) is 11.8 Å². The van der Waals surface area contributed by atoms with Crippen LogP contribution in [0.4, 0.5) is 0 Å². The normalized spacial score (nSPS) is 18.8. The Hall–Kier alpha value is -2.43. The highest BCUT2D eigenvalue weighted by atomic mass is 16.5. The molecule has 0 radical (unpaired) electrons. The SMILES string of the molecule is COCC(CNC(=O)CC(N)C(=O)N1CCC[C@H]1C#N)c1ccccc1. The maximum Gasteiger partial charge on any atom is 0.241 e. The second-order valence-electron chi connectivity index (χ2n) is 6.50. The third-order valence-electron chi connectivity index (χ3n) is 4.59. The first-order chi connectivity index (χ1) is 12.6. The average Bonchev–Trinajstić information content (AvgIpc) is 3.13. The summed E-state index contributed by atoms with van der Waals surface area (Å²) in [6.07, 6.45) is 1.36. The van der Waals surface area contributed by atoms with E-state index in [1.54, 1.807) is 7.11 Å². The van der Waals surface area contributed by atoms with E-state index in [1.807, 2.05) is 30.3 Å². The minimum Gasteiger partial charge on any atom is -0.384 e. The predicted molar refractivity (Wildman–Crippen MR) is 97.0 cm³/mol. The summed E-state index contributed by atoms with van der Waals surface area (Å²) in [5, 5.41) is 11.9. The molecule has 0 aliphatic carbocycles. The fourth-order valence-corrected chi connectivity index (χ4v) is 3.17. The largest absolute Gasteiger partial charge is 0.384 e. The van der Waals surface area contributed by atoms with E-state index in [1.165, 1.54) is 4.90 Å². The zero-order chi connectivity index (χ0) is 18.9. The Morgan fingerprint density at radius 1 is 1.42 bits per heavy atom. The van der Waals surface area contributed by atoms with Gasteiger partial charge >= 0.3 is 0 Å². The van der Waals surface area contributed by atoms with Crippen molar-refractivity contribution in [1.82, 2.24) is 10.2 Å². The van der Waals surface area contributed by atoms with Gasteiger partial charge in [0.05, 0.1) is 25.1 Å². The molecule has 1 fully saturated rings. The van der Waals surface area contributed by atoms with Crippen LogP contribution < -0.4 is 11.1 Å². The number of amides is 2. The van der Waals surface area contributed by atoms with E-state index < -0.39 is 12.1 Å². The molecule has 1 aliphatic rings. The summed E-state index contributed by atoms with van der Waals surface area (Å²) in [6.45, 7) is 1.41. The first-order valence-electron chi connectivity index (χ1n) is 8.83. The number of nitrogens with two attached hydrogens (primary N) is 1. The Kier molecular flexibility index (Phi) is 7.57. The molecule has 0 saturated carbocycles. The number of hydrogen-bond acceptors (Lipinski definition) is 5. The molecular weight excluding hydrogens is 332 g/mol. The summed E-state index contributed by atoms with van der Waals surface area (Å²) in [6, 6.07) is 10.5. The van der Waals surface area contributed by atoms with E-state index in [9.17, 15) is 9.59 Å². The van der Waals surface area contributed by atoms with Crippen molar-refractivity contribution in [1.29, 1.82) is 5.26 Å². The molecule has 0 spiro atoms. The summed E-state index contributed by atoms with van der Waals surface area (Å²) in [4.78, 5) is 26.0. The molecule has 1 aromatic carbocycles. The van der Waals surface area contributed by atoms with Crippen molar-refractivity contribution < 1.29 is 14.3 Å². The molecule has 2 amide bonds. The van der Waals surface area contributed by atoms with Crippen molar-refractivity contribution in [2.24, 2.45) is 5.73 Å². The quantitative estimate of drug-likeness (QED) is 0.713. The van der Waals surface area contributed by atoms with Gasteiger partial charge in [-0.2, -0.15) is 5.26 Å². The number of ether oxygens (including phenoxy) is 1. The van der Waals surface area contributed by atoms with E-state index in [0.717, 1.165) is 12.0 Å². The number of carbonyl (C=O) groups excluding carboxylic acids is 2. The van der Waals surface area contributed by atoms with Gasteiger partial charge in [0.25, 0.3) is 0 Å². The number of likely N-dealkylation sites (tertiary alicyclic amines) is 1. The van der Waals surface area contributed by atoms with Gasteiger partial charge in [-0.3, -0.25) is 9.59 Å². The van der Waals surface area contributed by atoms with E-state index in [0.29, 0.717) is 26.1 Å². The first-order valence-corrected chi connectivity index (χ1v) is 8.83. The Morgan fingerprint density at radius 3 is 2.81 bits per heavy atom. The maximum atomic E-state index is 12.4. The zero-order valence-corrected chi connectivity index (χ0v) is 15.1. The van der Waals surface area contributed by atoms with Crippen LogP contribution in [0.15, 0.2) is 30.3 Å². The van der Waals surface area contributed by atoms with Gasteiger partial charge in [-0.1, -0.05) is 30.3 Å². The van der Waals surface area contributed by atoms with E-state index in [2.05, 4.69) is 11.4 Å². The van der Waals surface area contributed by atoms with Gasteiger partial charge in [0.15, 0.2) is 0 Å². The molecule has 1 heterocycles. The molecule has 140 valence electrons. The molecule has 0 aromatic heterocycles. The summed E-state index contributed by atoms with van der Waals surface area (Å²) in [5.41, 5.74) is 6.98. The van der Waals surface area contributed by atoms with Crippen LogP contribution in [0.2, 0.25) is 0 Å². The van der Waals surface area contributed by atoms with Crippen molar-refractivity contribution >= 4 is 11.8 Å². The van der Waals surface area contributed by atoms with Crippen molar-refractivity contribution in [3.8, 4) is 6.07 Å². The smallest absolute Gasteiger partial charge is 0.241 e. The van der Waals surface area contributed by atoms with Crippen LogP contribution in [0, 0.1) is 11.3 Å². The topological polar surface area (TPSA) is 108 Å². The average molecular weight is 358 g/mol. The third-order valence-corrected chi connectivity index (χ3v) is 4.59. The van der Waals surface area contributed by atoms with Crippen LogP contribution in [-0.2, 0) is 14.3 Å². The lowest BCUT2D eigenvalue weighted by Crippen LogP contribution is -2.47. The number of nitriles is 1. The highest BCUT2D eigenvalue weighted by Gasteiger charge is 2.32. The summed E-state index contributed by atoms with van der Waals surface area (Å²) < 4.78 is 5.23. The monoisotopic (exact) mass is 358 g/mol. The predicted octanol–water partition coefficient (Wildman–Crippen LogP) is 0.765. The van der Waals surface area contributed by atoms with Crippen molar-refractivity contribution in [2.75, 3.05) is 26.8 Å². The second-order valence-corrected chi connectivity index (χ2v) is 6.50. The first kappa shape index (κ1) is 19.9. The van der Waals surface area contributed by atoms with Crippen LogP contribution in [-0.4, -0.2) is 55.6 Å². The number of rotatable bonds is 8. The Labute approximate surface area is 154 Å². The lowest BCUT2D eigenvalue weighted by atomic mass is 10.00. The van der Waals surface area contributed by atoms with Crippen molar-refractivity contribution in [3.63, 3.8) is 0 Å². The van der Waals surface area contributed by atoms with Crippen LogP contribution in [0.5, 0.6) is 0 Å². The lowest BCUT2D eigenvalue weighted by Gasteiger charge is -2.23. The van der Waals surface area contributed by atoms with Crippen LogP contribution in [0.3, 0.4) is 0 Å². The number of benzene rings is 1. The standard InChI is InChI=1S/C19H26N4O3/c1-26-13-15(14-6-3-2-4-7-14)12-22-18(24)10-17(21)19(25)23-9-5-8-16(23)11-20/h2-4,6-7,15-17H,5,8-10,12-13,21H2,1H3,(H,22,24)/t15?,16-,17?/m0/s1.